The van der Waals surface area contributed by atoms with Gasteiger partial charge < -0.3 is 0 Å². The quantitative estimate of drug-likeness (QED) is 0.750. The average Bonchev–Trinajstić information content (AvgIpc) is 2.42. The van der Waals surface area contributed by atoms with Crippen LogP contribution in [0.4, 0.5) is 0 Å². The Morgan fingerprint density at radius 1 is 1.15 bits per heavy atom. The minimum atomic E-state index is 0.253. The summed E-state index contributed by atoms with van der Waals surface area (Å²) in [6.07, 6.45) is 5.59. The van der Waals surface area contributed by atoms with Gasteiger partial charge >= 0.3 is 0 Å². The van der Waals surface area contributed by atoms with Crippen molar-refractivity contribution < 1.29 is 4.79 Å². The van der Waals surface area contributed by atoms with E-state index < -0.39 is 0 Å². The third-order valence-electron chi connectivity index (χ3n) is 5.33. The van der Waals surface area contributed by atoms with E-state index in [2.05, 4.69) is 30.3 Å². The van der Waals surface area contributed by atoms with Gasteiger partial charge in [0, 0.05) is 11.3 Å². The van der Waals surface area contributed by atoms with E-state index in [1.54, 1.807) is 6.92 Å². The second-order valence-corrected chi connectivity index (χ2v) is 7.35. The molecule has 0 spiro atoms. The molecular weight excluding hydrogens is 268 g/mol. The van der Waals surface area contributed by atoms with Gasteiger partial charge in [0.05, 0.1) is 0 Å². The summed E-state index contributed by atoms with van der Waals surface area (Å²) in [7, 11) is 0. The van der Waals surface area contributed by atoms with Crippen LogP contribution in [-0.4, -0.2) is 11.2 Å². The first-order valence-corrected chi connectivity index (χ1v) is 8.25. The lowest BCUT2D eigenvalue weighted by atomic mass is 9.60. The molecule has 2 aliphatic rings. The van der Waals surface area contributed by atoms with Crippen molar-refractivity contribution in [1.82, 2.24) is 0 Å². The van der Waals surface area contributed by atoms with Crippen molar-refractivity contribution in [2.45, 2.75) is 44.4 Å². The molecule has 0 amide bonds. The van der Waals surface area contributed by atoms with Gasteiger partial charge in [-0.2, -0.15) is 0 Å². The molecule has 2 fully saturated rings. The van der Waals surface area contributed by atoms with Crippen molar-refractivity contribution in [3.05, 3.63) is 35.9 Å². The summed E-state index contributed by atoms with van der Waals surface area (Å²) < 4.78 is 0. The molecule has 5 atom stereocenters. The van der Waals surface area contributed by atoms with E-state index in [0.29, 0.717) is 28.9 Å². The summed E-state index contributed by atoms with van der Waals surface area (Å²) in [5, 5.41) is 0.324. The highest BCUT2D eigenvalue weighted by Gasteiger charge is 2.43. The number of Topliss-reactive ketones (excluding diaryl/α,β-unsaturated/α-hetero) is 1. The number of fused-ring (bicyclic) bond motifs is 2. The van der Waals surface area contributed by atoms with Gasteiger partial charge in [-0.1, -0.05) is 30.3 Å². The van der Waals surface area contributed by atoms with Crippen molar-refractivity contribution in [3.63, 3.8) is 0 Å². The fourth-order valence-corrected chi connectivity index (χ4v) is 4.95. The Kier molecular flexibility index (Phi) is 4.16. The average molecular weight is 291 g/mol. The van der Waals surface area contributed by atoms with Crippen LogP contribution in [0, 0.1) is 23.7 Å². The van der Waals surface area contributed by atoms with Crippen LogP contribution in [-0.2, 0) is 11.2 Å². The number of carbonyl (C=O) groups is 1. The Labute approximate surface area is 126 Å². The summed E-state index contributed by atoms with van der Waals surface area (Å²) in [6, 6.07) is 10.6. The zero-order valence-corrected chi connectivity index (χ0v) is 12.9. The summed E-state index contributed by atoms with van der Waals surface area (Å²) in [4.78, 5) is 12.1. The predicted octanol–water partition coefficient (Wildman–Crippen LogP) is 4.48. The van der Waals surface area contributed by atoms with Crippen LogP contribution in [0.25, 0.3) is 0 Å². The fourth-order valence-electron chi connectivity index (χ4n) is 4.47. The van der Waals surface area contributed by atoms with Crippen molar-refractivity contribution in [1.29, 1.82) is 0 Å². The lowest BCUT2D eigenvalue weighted by Crippen LogP contribution is -2.42. The summed E-state index contributed by atoms with van der Waals surface area (Å²) >= 11 is 6.43. The van der Waals surface area contributed by atoms with Crippen molar-refractivity contribution in [2.24, 2.45) is 23.7 Å². The largest absolute Gasteiger partial charge is 0.300 e. The first-order valence-electron chi connectivity index (χ1n) is 7.82. The molecule has 2 aliphatic carbocycles. The first-order chi connectivity index (χ1) is 9.63. The second kappa shape index (κ2) is 5.89. The molecule has 0 aromatic heterocycles. The molecule has 20 heavy (non-hydrogen) atoms. The van der Waals surface area contributed by atoms with Gasteiger partial charge in [0.25, 0.3) is 0 Å². The molecule has 1 aromatic rings. The maximum absolute atomic E-state index is 12.1. The van der Waals surface area contributed by atoms with E-state index in [4.69, 9.17) is 11.6 Å². The van der Waals surface area contributed by atoms with Crippen molar-refractivity contribution in [2.75, 3.05) is 0 Å². The molecule has 0 N–H and O–H groups in total. The van der Waals surface area contributed by atoms with Gasteiger partial charge in [0.2, 0.25) is 0 Å². The van der Waals surface area contributed by atoms with E-state index in [-0.39, 0.29) is 5.92 Å². The number of hydrogen-bond acceptors (Lipinski definition) is 1. The topological polar surface area (TPSA) is 17.1 Å². The Bertz CT molecular complexity index is 468. The van der Waals surface area contributed by atoms with Crippen molar-refractivity contribution in [3.8, 4) is 0 Å². The number of ketones is 1. The van der Waals surface area contributed by atoms with Crippen LogP contribution in [0.1, 0.15) is 38.2 Å². The van der Waals surface area contributed by atoms with Gasteiger partial charge in [-0.25, -0.2) is 0 Å². The van der Waals surface area contributed by atoms with Crippen LogP contribution < -0.4 is 0 Å². The van der Waals surface area contributed by atoms with Crippen LogP contribution in [0.2, 0.25) is 0 Å². The number of alkyl halides is 1. The molecule has 0 aliphatic heterocycles. The minimum Gasteiger partial charge on any atom is -0.300 e. The van der Waals surface area contributed by atoms with E-state index >= 15 is 0 Å². The molecule has 3 rings (SSSR count). The summed E-state index contributed by atoms with van der Waals surface area (Å²) in [5.74, 6) is 2.45. The van der Waals surface area contributed by atoms with E-state index in [0.717, 1.165) is 25.7 Å². The number of hydrogen-bond donors (Lipinski definition) is 0. The maximum atomic E-state index is 12.1. The minimum absolute atomic E-state index is 0.253. The highest BCUT2D eigenvalue weighted by molar-refractivity contribution is 6.20. The van der Waals surface area contributed by atoms with Gasteiger partial charge in [-0.15, -0.1) is 11.6 Å². The molecule has 5 unspecified atom stereocenters. The molecule has 1 aromatic carbocycles. The number of benzene rings is 1. The molecule has 2 bridgehead atoms. The molecule has 0 radical (unpaired) electrons. The lowest BCUT2D eigenvalue weighted by molar-refractivity contribution is -0.126. The van der Waals surface area contributed by atoms with E-state index in [1.165, 1.54) is 12.0 Å². The molecule has 2 saturated carbocycles. The Hall–Kier alpha value is -0.820. The van der Waals surface area contributed by atoms with E-state index in [1.807, 2.05) is 0 Å². The SMILES string of the molecule is CC(=O)C1CC2CC(Cl)CC(C2)C1Cc1ccccc1. The smallest absolute Gasteiger partial charge is 0.133 e. The van der Waals surface area contributed by atoms with Crippen LogP contribution in [0.15, 0.2) is 30.3 Å². The van der Waals surface area contributed by atoms with Gasteiger partial charge in [0.15, 0.2) is 0 Å². The summed E-state index contributed by atoms with van der Waals surface area (Å²) in [6.45, 7) is 1.78. The molecule has 1 nitrogen and oxygen atoms in total. The molecule has 2 heteroatoms. The summed E-state index contributed by atoms with van der Waals surface area (Å²) in [5.41, 5.74) is 1.36. The van der Waals surface area contributed by atoms with Gasteiger partial charge in [-0.05, 0) is 62.3 Å². The monoisotopic (exact) mass is 290 g/mol. The standard InChI is InChI=1S/C18H23ClO/c1-12(20)17-10-14-7-15(11-16(19)8-14)18(17)9-13-5-3-2-4-6-13/h2-6,14-18H,7-11H2,1H3. The molecular formula is C18H23ClO. The van der Waals surface area contributed by atoms with E-state index in [9.17, 15) is 4.79 Å². The second-order valence-electron chi connectivity index (χ2n) is 6.74. The Morgan fingerprint density at radius 2 is 1.90 bits per heavy atom. The maximum Gasteiger partial charge on any atom is 0.133 e. The molecule has 108 valence electrons. The van der Waals surface area contributed by atoms with Crippen LogP contribution in [0.5, 0.6) is 0 Å². The number of halogens is 1. The number of rotatable bonds is 3. The first kappa shape index (κ1) is 14.1. The Morgan fingerprint density at radius 3 is 2.60 bits per heavy atom. The fraction of sp³-hybridized carbons (Fsp3) is 0.611. The Balaban J connectivity index is 1.82. The molecule has 0 saturated heterocycles. The predicted molar refractivity (Wildman–Crippen MR) is 82.9 cm³/mol. The van der Waals surface area contributed by atoms with Crippen LogP contribution >= 0.6 is 11.6 Å². The third kappa shape index (κ3) is 2.93. The molecule has 0 heterocycles. The van der Waals surface area contributed by atoms with Gasteiger partial charge in [-0.3, -0.25) is 4.79 Å². The van der Waals surface area contributed by atoms with Gasteiger partial charge in [0.1, 0.15) is 5.78 Å². The highest BCUT2D eigenvalue weighted by atomic mass is 35.5. The van der Waals surface area contributed by atoms with Crippen LogP contribution in [0.3, 0.4) is 0 Å². The zero-order chi connectivity index (χ0) is 14.1. The number of carbonyl (C=O) groups excluding carboxylic acids is 1. The lowest BCUT2D eigenvalue weighted by Gasteiger charge is -2.46. The third-order valence-corrected chi connectivity index (χ3v) is 5.69. The van der Waals surface area contributed by atoms with Crippen molar-refractivity contribution >= 4 is 17.4 Å². The highest BCUT2D eigenvalue weighted by Crippen LogP contribution is 2.48. The normalized spacial score (nSPS) is 36.6. The zero-order valence-electron chi connectivity index (χ0n) is 12.1.